The first kappa shape index (κ1) is 15.4. The van der Waals surface area contributed by atoms with Crippen molar-refractivity contribution in [3.63, 3.8) is 0 Å². The fourth-order valence-electron chi connectivity index (χ4n) is 2.43. The van der Waals surface area contributed by atoms with E-state index in [0.717, 1.165) is 38.5 Å². The molecule has 1 unspecified atom stereocenters. The number of likely N-dealkylation sites (tertiary alicyclic amines) is 1. The van der Waals surface area contributed by atoms with Crippen LogP contribution in [-0.4, -0.2) is 49.6 Å². The second-order valence-corrected chi connectivity index (χ2v) is 5.26. The van der Waals surface area contributed by atoms with Crippen LogP contribution < -0.4 is 10.6 Å². The van der Waals surface area contributed by atoms with Crippen LogP contribution in [0.5, 0.6) is 0 Å². The van der Waals surface area contributed by atoms with Crippen LogP contribution in [0.3, 0.4) is 0 Å². The molecule has 2 N–H and O–H groups in total. The summed E-state index contributed by atoms with van der Waals surface area (Å²) in [5.74, 6) is 0.114. The zero-order chi connectivity index (χ0) is 13.2. The molecule has 0 aromatic heterocycles. The van der Waals surface area contributed by atoms with E-state index in [4.69, 9.17) is 0 Å². The summed E-state index contributed by atoms with van der Waals surface area (Å²) < 4.78 is 0. The minimum absolute atomic E-state index is 0.114. The molecule has 1 saturated heterocycles. The molecule has 0 spiro atoms. The van der Waals surface area contributed by atoms with E-state index < -0.39 is 0 Å². The summed E-state index contributed by atoms with van der Waals surface area (Å²) in [7, 11) is 0. The lowest BCUT2D eigenvalue weighted by atomic mass is 10.0. The van der Waals surface area contributed by atoms with Crippen LogP contribution in [0.25, 0.3) is 0 Å². The molecule has 1 amide bonds. The summed E-state index contributed by atoms with van der Waals surface area (Å²) in [5.41, 5.74) is 0. The van der Waals surface area contributed by atoms with Crippen molar-refractivity contribution in [3.05, 3.63) is 0 Å². The molecular formula is C14H29N3O. The lowest BCUT2D eigenvalue weighted by molar-refractivity contribution is -0.120. The van der Waals surface area contributed by atoms with E-state index in [1.54, 1.807) is 0 Å². The number of nitrogens with one attached hydrogen (secondary N) is 2. The Bertz CT molecular complexity index is 233. The maximum atomic E-state index is 11.3. The zero-order valence-corrected chi connectivity index (χ0v) is 12.0. The lowest BCUT2D eigenvalue weighted by Gasteiger charge is -2.33. The molecule has 0 saturated carbocycles. The molecular weight excluding hydrogens is 226 g/mol. The highest BCUT2D eigenvalue weighted by atomic mass is 16.1. The number of piperidine rings is 1. The molecule has 0 aromatic carbocycles. The number of hydrogen-bond donors (Lipinski definition) is 2. The van der Waals surface area contributed by atoms with Crippen molar-refractivity contribution in [2.45, 2.75) is 52.0 Å². The van der Waals surface area contributed by atoms with Gasteiger partial charge in [-0.2, -0.15) is 0 Å². The Morgan fingerprint density at radius 3 is 2.89 bits per heavy atom. The summed E-state index contributed by atoms with van der Waals surface area (Å²) >= 11 is 0. The van der Waals surface area contributed by atoms with E-state index in [0.29, 0.717) is 6.54 Å². The van der Waals surface area contributed by atoms with Crippen LogP contribution >= 0.6 is 0 Å². The second-order valence-electron chi connectivity index (χ2n) is 5.26. The topological polar surface area (TPSA) is 44.4 Å². The van der Waals surface area contributed by atoms with Gasteiger partial charge in [0.05, 0.1) is 6.54 Å². The predicted octanol–water partition coefficient (Wildman–Crippen LogP) is 1.37. The Kier molecular flexibility index (Phi) is 8.01. The molecule has 0 radical (unpaired) electrons. The van der Waals surface area contributed by atoms with Gasteiger partial charge < -0.3 is 15.5 Å². The molecule has 0 aromatic rings. The first-order chi connectivity index (χ1) is 8.74. The second kappa shape index (κ2) is 9.34. The third-order valence-electron chi connectivity index (χ3n) is 3.60. The highest BCUT2D eigenvalue weighted by Gasteiger charge is 2.16. The van der Waals surface area contributed by atoms with Crippen LogP contribution in [0, 0.1) is 0 Å². The maximum Gasteiger partial charge on any atom is 0.233 e. The molecule has 1 atom stereocenters. The van der Waals surface area contributed by atoms with Gasteiger partial charge in [0.2, 0.25) is 5.91 Å². The number of amides is 1. The van der Waals surface area contributed by atoms with Gasteiger partial charge in [0.25, 0.3) is 0 Å². The molecule has 1 rings (SSSR count). The van der Waals surface area contributed by atoms with E-state index >= 15 is 0 Å². The van der Waals surface area contributed by atoms with Crippen LogP contribution in [0.2, 0.25) is 0 Å². The van der Waals surface area contributed by atoms with Gasteiger partial charge >= 0.3 is 0 Å². The Hall–Kier alpha value is -0.610. The van der Waals surface area contributed by atoms with Crippen molar-refractivity contribution in [2.75, 3.05) is 32.7 Å². The third-order valence-corrected chi connectivity index (χ3v) is 3.60. The van der Waals surface area contributed by atoms with Gasteiger partial charge in [0.15, 0.2) is 0 Å². The lowest BCUT2D eigenvalue weighted by Crippen LogP contribution is -2.39. The molecule has 106 valence electrons. The van der Waals surface area contributed by atoms with Crippen LogP contribution in [-0.2, 0) is 4.79 Å². The van der Waals surface area contributed by atoms with Gasteiger partial charge in [-0.15, -0.1) is 0 Å². The maximum absolute atomic E-state index is 11.3. The van der Waals surface area contributed by atoms with Crippen molar-refractivity contribution in [1.82, 2.24) is 15.5 Å². The zero-order valence-electron chi connectivity index (χ0n) is 12.0. The minimum atomic E-state index is 0.114. The van der Waals surface area contributed by atoms with E-state index in [1.165, 1.54) is 25.8 Å². The number of carbonyl (C=O) groups excluding carboxylic acids is 1. The highest BCUT2D eigenvalue weighted by Crippen LogP contribution is 2.15. The molecule has 0 bridgehead atoms. The first-order valence-electron chi connectivity index (χ1n) is 7.45. The Morgan fingerprint density at radius 2 is 2.17 bits per heavy atom. The van der Waals surface area contributed by atoms with Crippen LogP contribution in [0.15, 0.2) is 0 Å². The average molecular weight is 255 g/mol. The van der Waals surface area contributed by atoms with Gasteiger partial charge in [-0.3, -0.25) is 4.79 Å². The highest BCUT2D eigenvalue weighted by molar-refractivity contribution is 5.77. The Balaban J connectivity index is 1.96. The van der Waals surface area contributed by atoms with Crippen molar-refractivity contribution in [1.29, 1.82) is 0 Å². The van der Waals surface area contributed by atoms with Crippen molar-refractivity contribution < 1.29 is 4.79 Å². The SMILES string of the molecule is CCCNC(=O)CNCCCN1CCCCC1C. The predicted molar refractivity (Wildman–Crippen MR) is 75.7 cm³/mol. The molecule has 4 nitrogen and oxygen atoms in total. The number of carbonyl (C=O) groups is 1. The Morgan fingerprint density at radius 1 is 1.33 bits per heavy atom. The van der Waals surface area contributed by atoms with E-state index in [2.05, 4.69) is 29.4 Å². The molecule has 1 fully saturated rings. The smallest absolute Gasteiger partial charge is 0.233 e. The summed E-state index contributed by atoms with van der Waals surface area (Å²) in [6.45, 7) is 8.96. The molecule has 18 heavy (non-hydrogen) atoms. The van der Waals surface area contributed by atoms with Crippen molar-refractivity contribution in [2.24, 2.45) is 0 Å². The van der Waals surface area contributed by atoms with Gasteiger partial charge in [-0.05, 0) is 52.2 Å². The number of hydrogen-bond acceptors (Lipinski definition) is 3. The van der Waals surface area contributed by atoms with Gasteiger partial charge in [0.1, 0.15) is 0 Å². The van der Waals surface area contributed by atoms with E-state index in [9.17, 15) is 4.79 Å². The first-order valence-corrected chi connectivity index (χ1v) is 7.45. The third kappa shape index (κ3) is 6.36. The quantitative estimate of drug-likeness (QED) is 0.644. The molecule has 1 aliphatic rings. The normalized spacial score (nSPS) is 20.9. The summed E-state index contributed by atoms with van der Waals surface area (Å²) in [6.07, 6.45) is 6.20. The largest absolute Gasteiger partial charge is 0.355 e. The van der Waals surface area contributed by atoms with E-state index in [-0.39, 0.29) is 5.91 Å². The number of rotatable bonds is 8. The van der Waals surface area contributed by atoms with Gasteiger partial charge in [0, 0.05) is 12.6 Å². The van der Waals surface area contributed by atoms with Gasteiger partial charge in [-0.1, -0.05) is 13.3 Å². The van der Waals surface area contributed by atoms with Crippen LogP contribution in [0.1, 0.15) is 46.0 Å². The average Bonchev–Trinajstić information content (AvgIpc) is 2.38. The van der Waals surface area contributed by atoms with E-state index in [1.807, 2.05) is 0 Å². The summed E-state index contributed by atoms with van der Waals surface area (Å²) in [4.78, 5) is 13.9. The number of nitrogens with zero attached hydrogens (tertiary/aromatic N) is 1. The van der Waals surface area contributed by atoms with Crippen LogP contribution in [0.4, 0.5) is 0 Å². The molecule has 4 heteroatoms. The van der Waals surface area contributed by atoms with Gasteiger partial charge in [-0.25, -0.2) is 0 Å². The fourth-order valence-corrected chi connectivity index (χ4v) is 2.43. The molecule has 0 aliphatic carbocycles. The minimum Gasteiger partial charge on any atom is -0.355 e. The van der Waals surface area contributed by atoms with Crippen molar-refractivity contribution >= 4 is 5.91 Å². The molecule has 1 aliphatic heterocycles. The monoisotopic (exact) mass is 255 g/mol. The summed E-state index contributed by atoms with van der Waals surface area (Å²) in [6, 6.07) is 0.742. The standard InChI is InChI=1S/C14H29N3O/c1-3-8-16-14(18)12-15-9-6-11-17-10-5-4-7-13(17)2/h13,15H,3-12H2,1-2H3,(H,16,18). The summed E-state index contributed by atoms with van der Waals surface area (Å²) in [5, 5.41) is 6.08. The fraction of sp³-hybridized carbons (Fsp3) is 0.929. The van der Waals surface area contributed by atoms with Crippen molar-refractivity contribution in [3.8, 4) is 0 Å². The Labute approximate surface area is 111 Å². The molecule has 1 heterocycles.